The first kappa shape index (κ1) is 13.2. The van der Waals surface area contributed by atoms with Crippen LogP contribution in [-0.4, -0.2) is 54.7 Å². The van der Waals surface area contributed by atoms with Crippen molar-refractivity contribution < 1.29 is 9.90 Å². The predicted octanol–water partition coefficient (Wildman–Crippen LogP) is 0.793. The first-order valence-electron chi connectivity index (χ1n) is 7.27. The molecule has 2 fully saturated rings. The van der Waals surface area contributed by atoms with Crippen molar-refractivity contribution in [2.45, 2.75) is 18.9 Å². The lowest BCUT2D eigenvalue weighted by atomic mass is 10.2. The van der Waals surface area contributed by atoms with Crippen molar-refractivity contribution in [1.29, 1.82) is 0 Å². The number of phenolic OH excluding ortho intramolecular Hbond substituents is 1. The highest BCUT2D eigenvalue weighted by Gasteiger charge is 2.25. The summed E-state index contributed by atoms with van der Waals surface area (Å²) in [4.78, 5) is 16.1. The van der Waals surface area contributed by atoms with E-state index in [-0.39, 0.29) is 5.91 Å². The van der Waals surface area contributed by atoms with Gasteiger partial charge in [0.05, 0.1) is 12.2 Å². The van der Waals surface area contributed by atoms with Gasteiger partial charge < -0.3 is 15.3 Å². The van der Waals surface area contributed by atoms with Crippen LogP contribution in [0.25, 0.3) is 0 Å². The Hall–Kier alpha value is -1.75. The summed E-state index contributed by atoms with van der Waals surface area (Å²) in [6, 6.07) is 7.85. The molecule has 1 aliphatic carbocycles. The minimum atomic E-state index is 0.142. The van der Waals surface area contributed by atoms with Crippen LogP contribution in [0.3, 0.4) is 0 Å². The number of nitrogens with zero attached hydrogens (tertiary/aromatic N) is 2. The molecule has 5 heteroatoms. The molecule has 1 saturated carbocycles. The smallest absolute Gasteiger partial charge is 0.234 e. The predicted molar refractivity (Wildman–Crippen MR) is 77.9 cm³/mol. The Kier molecular flexibility index (Phi) is 3.78. The summed E-state index contributed by atoms with van der Waals surface area (Å²) in [7, 11) is 0. The van der Waals surface area contributed by atoms with Gasteiger partial charge in [0.15, 0.2) is 0 Å². The number of phenols is 1. The standard InChI is InChI=1S/C15H21N3O2/c19-14-4-2-1-3-13(14)18-9-7-17(8-10-18)11-15(20)16-12-5-6-12/h1-4,12,19H,5-11H2,(H,16,20). The van der Waals surface area contributed by atoms with Crippen LogP contribution < -0.4 is 10.2 Å². The minimum Gasteiger partial charge on any atom is -0.506 e. The summed E-state index contributed by atoms with van der Waals surface area (Å²) < 4.78 is 0. The molecule has 0 aromatic heterocycles. The van der Waals surface area contributed by atoms with E-state index in [1.54, 1.807) is 6.07 Å². The van der Waals surface area contributed by atoms with Crippen LogP contribution in [0.15, 0.2) is 24.3 Å². The zero-order valence-corrected chi connectivity index (χ0v) is 11.6. The summed E-state index contributed by atoms with van der Waals surface area (Å²) in [5.74, 6) is 0.468. The molecule has 5 nitrogen and oxygen atoms in total. The second kappa shape index (κ2) is 5.71. The first-order valence-corrected chi connectivity index (χ1v) is 7.27. The molecule has 0 atom stereocenters. The maximum Gasteiger partial charge on any atom is 0.234 e. The number of nitrogens with one attached hydrogen (secondary N) is 1. The molecule has 0 unspecified atom stereocenters. The van der Waals surface area contributed by atoms with Crippen molar-refractivity contribution in [3.63, 3.8) is 0 Å². The average molecular weight is 275 g/mol. The molecule has 1 aromatic carbocycles. The molecule has 1 aromatic rings. The molecule has 20 heavy (non-hydrogen) atoms. The normalized spacial score (nSPS) is 19.9. The van der Waals surface area contributed by atoms with Crippen LogP contribution in [0, 0.1) is 0 Å². The highest BCUT2D eigenvalue weighted by Crippen LogP contribution is 2.27. The number of benzene rings is 1. The van der Waals surface area contributed by atoms with Gasteiger partial charge in [-0.3, -0.25) is 9.69 Å². The van der Waals surface area contributed by atoms with Gasteiger partial charge in [0.1, 0.15) is 5.75 Å². The van der Waals surface area contributed by atoms with Gasteiger partial charge in [-0.1, -0.05) is 12.1 Å². The summed E-state index contributed by atoms with van der Waals surface area (Å²) in [5.41, 5.74) is 0.884. The van der Waals surface area contributed by atoms with Crippen molar-refractivity contribution in [3.8, 4) is 5.75 Å². The minimum absolute atomic E-state index is 0.142. The Balaban J connectivity index is 1.49. The molecule has 108 valence electrons. The summed E-state index contributed by atoms with van der Waals surface area (Å²) >= 11 is 0. The van der Waals surface area contributed by atoms with Gasteiger partial charge >= 0.3 is 0 Å². The van der Waals surface area contributed by atoms with Crippen LogP contribution in [0.2, 0.25) is 0 Å². The topological polar surface area (TPSA) is 55.8 Å². The van der Waals surface area contributed by atoms with E-state index >= 15 is 0 Å². The van der Waals surface area contributed by atoms with Gasteiger partial charge in [-0.2, -0.15) is 0 Å². The Morgan fingerprint density at radius 1 is 1.20 bits per heavy atom. The number of para-hydroxylation sites is 2. The number of rotatable bonds is 4. The lowest BCUT2D eigenvalue weighted by Crippen LogP contribution is -2.49. The molecule has 1 heterocycles. The third-order valence-corrected chi connectivity index (χ3v) is 3.90. The molecule has 2 N–H and O–H groups in total. The fraction of sp³-hybridized carbons (Fsp3) is 0.533. The van der Waals surface area contributed by atoms with Gasteiger partial charge in [-0.25, -0.2) is 0 Å². The largest absolute Gasteiger partial charge is 0.506 e. The molecule has 0 radical (unpaired) electrons. The number of amides is 1. The van der Waals surface area contributed by atoms with Crippen molar-refractivity contribution in [2.24, 2.45) is 0 Å². The Morgan fingerprint density at radius 2 is 1.90 bits per heavy atom. The van der Waals surface area contributed by atoms with Gasteiger partial charge in [-0.15, -0.1) is 0 Å². The summed E-state index contributed by atoms with van der Waals surface area (Å²) in [6.45, 7) is 3.88. The van der Waals surface area contributed by atoms with Gasteiger partial charge in [0, 0.05) is 32.2 Å². The summed E-state index contributed by atoms with van der Waals surface area (Å²) in [5, 5.41) is 12.9. The van der Waals surface area contributed by atoms with Crippen molar-refractivity contribution in [3.05, 3.63) is 24.3 Å². The molecule has 1 aliphatic heterocycles. The van der Waals surface area contributed by atoms with E-state index in [9.17, 15) is 9.90 Å². The highest BCUT2D eigenvalue weighted by atomic mass is 16.3. The second-order valence-corrected chi connectivity index (χ2v) is 5.59. The molecule has 1 saturated heterocycles. The lowest BCUT2D eigenvalue weighted by Gasteiger charge is -2.35. The van der Waals surface area contributed by atoms with E-state index in [0.717, 1.165) is 44.7 Å². The Labute approximate surface area is 119 Å². The number of anilines is 1. The second-order valence-electron chi connectivity index (χ2n) is 5.59. The van der Waals surface area contributed by atoms with E-state index in [2.05, 4.69) is 15.1 Å². The van der Waals surface area contributed by atoms with Crippen molar-refractivity contribution in [1.82, 2.24) is 10.2 Å². The molecule has 1 amide bonds. The quantitative estimate of drug-likeness (QED) is 0.853. The average Bonchev–Trinajstić information content (AvgIpc) is 3.24. The Bertz CT molecular complexity index is 480. The third-order valence-electron chi connectivity index (χ3n) is 3.90. The molecular weight excluding hydrogens is 254 g/mol. The summed E-state index contributed by atoms with van der Waals surface area (Å²) in [6.07, 6.45) is 2.26. The number of aromatic hydroxyl groups is 1. The lowest BCUT2D eigenvalue weighted by molar-refractivity contribution is -0.122. The SMILES string of the molecule is O=C(CN1CCN(c2ccccc2O)CC1)NC1CC1. The number of hydrogen-bond donors (Lipinski definition) is 2. The fourth-order valence-corrected chi connectivity index (χ4v) is 2.58. The van der Waals surface area contributed by atoms with E-state index in [4.69, 9.17) is 0 Å². The maximum atomic E-state index is 11.8. The van der Waals surface area contributed by atoms with E-state index in [1.807, 2.05) is 18.2 Å². The molecule has 2 aliphatic rings. The van der Waals surface area contributed by atoms with Crippen LogP contribution in [-0.2, 0) is 4.79 Å². The zero-order valence-electron chi connectivity index (χ0n) is 11.6. The van der Waals surface area contributed by atoms with Crippen LogP contribution >= 0.6 is 0 Å². The monoisotopic (exact) mass is 275 g/mol. The van der Waals surface area contributed by atoms with Crippen molar-refractivity contribution in [2.75, 3.05) is 37.6 Å². The zero-order chi connectivity index (χ0) is 13.9. The van der Waals surface area contributed by atoms with Gasteiger partial charge in [0.2, 0.25) is 5.91 Å². The molecule has 0 spiro atoms. The maximum absolute atomic E-state index is 11.8. The van der Waals surface area contributed by atoms with E-state index < -0.39 is 0 Å². The van der Waals surface area contributed by atoms with Crippen LogP contribution in [0.4, 0.5) is 5.69 Å². The number of hydrogen-bond acceptors (Lipinski definition) is 4. The highest BCUT2D eigenvalue weighted by molar-refractivity contribution is 5.78. The van der Waals surface area contributed by atoms with Crippen LogP contribution in [0.1, 0.15) is 12.8 Å². The first-order chi connectivity index (χ1) is 9.72. The van der Waals surface area contributed by atoms with Crippen LogP contribution in [0.5, 0.6) is 5.75 Å². The number of piperazine rings is 1. The van der Waals surface area contributed by atoms with Gasteiger partial charge in [-0.05, 0) is 25.0 Å². The van der Waals surface area contributed by atoms with E-state index in [1.165, 1.54) is 0 Å². The molecule has 0 bridgehead atoms. The Morgan fingerprint density at radius 3 is 2.55 bits per heavy atom. The molecular formula is C15H21N3O2. The van der Waals surface area contributed by atoms with Gasteiger partial charge in [0.25, 0.3) is 0 Å². The third kappa shape index (κ3) is 3.22. The number of carbonyl (C=O) groups excluding carboxylic acids is 1. The van der Waals surface area contributed by atoms with E-state index in [0.29, 0.717) is 18.3 Å². The molecule has 3 rings (SSSR count). The number of carbonyl (C=O) groups is 1. The fourth-order valence-electron chi connectivity index (χ4n) is 2.58. The van der Waals surface area contributed by atoms with Crippen molar-refractivity contribution >= 4 is 11.6 Å².